The van der Waals surface area contributed by atoms with Crippen LogP contribution in [0.25, 0.3) is 68.6 Å². The van der Waals surface area contributed by atoms with Crippen LogP contribution in [-0.4, -0.2) is 124 Å². The number of ether oxygens (including phenoxy) is 2. The molecular weight excluding hydrogens is 745 g/mol. The molecule has 2 aliphatic rings. The molecule has 3 aromatic heterocycles. The van der Waals surface area contributed by atoms with Crippen molar-refractivity contribution in [3.05, 3.63) is 108 Å². The summed E-state index contributed by atoms with van der Waals surface area (Å²) < 4.78 is 13.4. The van der Waals surface area contributed by atoms with Gasteiger partial charge in [0.25, 0.3) is 0 Å². The molecule has 7 rings (SSSR count). The zero-order valence-electron chi connectivity index (χ0n) is 36.5. The molecule has 10 nitrogen and oxygen atoms in total. The highest BCUT2D eigenvalue weighted by Gasteiger charge is 2.16. The molecule has 10 heteroatoms. The third-order valence-electron chi connectivity index (χ3n) is 11.3. The van der Waals surface area contributed by atoms with Gasteiger partial charge in [-0.1, -0.05) is 24.3 Å². The van der Waals surface area contributed by atoms with Crippen molar-refractivity contribution in [2.24, 2.45) is 0 Å². The van der Waals surface area contributed by atoms with E-state index in [-0.39, 0.29) is 0 Å². The van der Waals surface area contributed by atoms with Gasteiger partial charge in [0.05, 0.1) is 83.3 Å². The molecular formula is C50H64N8O2+2. The quantitative estimate of drug-likeness (QED) is 0.0467. The minimum Gasteiger partial charge on any atom is -0.493 e. The molecule has 60 heavy (non-hydrogen) atoms. The number of nitrogens with one attached hydrogen (secondary N) is 4. The number of nitrogens with zero attached hydrogens (tertiary/aromatic N) is 4. The lowest BCUT2D eigenvalue weighted by Crippen LogP contribution is -3.09. The minimum absolute atomic E-state index is 0.695. The van der Waals surface area contributed by atoms with E-state index in [1.807, 2.05) is 7.05 Å². The minimum atomic E-state index is 0.695. The van der Waals surface area contributed by atoms with Crippen molar-refractivity contribution >= 4 is 46.4 Å². The number of aromatic nitrogens is 4. The third kappa shape index (κ3) is 11.6. The van der Waals surface area contributed by atoms with Crippen molar-refractivity contribution < 1.29 is 18.9 Å². The van der Waals surface area contributed by atoms with Gasteiger partial charge >= 0.3 is 0 Å². The first-order valence-electron chi connectivity index (χ1n) is 21.6. The Labute approximate surface area is 356 Å². The summed E-state index contributed by atoms with van der Waals surface area (Å²) >= 11 is 0. The van der Waals surface area contributed by atoms with Gasteiger partial charge in [0, 0.05) is 72.0 Å². The number of hydrogen-bond donors (Lipinski definition) is 4. The number of hydrogen-bond acceptors (Lipinski definition) is 6. The Hall–Kier alpha value is -5.52. The van der Waals surface area contributed by atoms with Gasteiger partial charge in [-0.3, -0.25) is 0 Å². The highest BCUT2D eigenvalue weighted by Crippen LogP contribution is 2.33. The van der Waals surface area contributed by atoms with E-state index in [1.54, 1.807) is 0 Å². The smallest absolute Gasteiger partial charge is 0.119 e. The Bertz CT molecular complexity index is 2410. The molecule has 1 unspecified atom stereocenters. The van der Waals surface area contributed by atoms with E-state index in [0.29, 0.717) is 13.2 Å². The van der Waals surface area contributed by atoms with E-state index in [1.165, 1.54) is 24.3 Å². The fourth-order valence-corrected chi connectivity index (χ4v) is 7.98. The third-order valence-corrected chi connectivity index (χ3v) is 11.3. The van der Waals surface area contributed by atoms with E-state index < -0.39 is 0 Å². The standard InChI is InChI=1S/C50H63N8O2/c1-51-27-7-29-57(4)30-9-33-59-43-19-11-37(12-20-43)49-45-23-15-39(52-45)35-41-17-25-47(54-41)50(48-26-18-42(55-48)36-40-16-24-46(49)53-40)38-13-21-44(22-14-38)60-34-10-32-58(5,6)31-8-28-56(2)3/h11-26,35-36,51-52,55H,7-10,27-34H2,1-6H3/q+1/p+1. The summed E-state index contributed by atoms with van der Waals surface area (Å²) in [5, 5.41) is 3.23. The van der Waals surface area contributed by atoms with Crippen molar-refractivity contribution in [2.75, 3.05) is 94.8 Å². The Morgan fingerprint density at radius 1 is 0.633 bits per heavy atom. The maximum absolute atomic E-state index is 6.23. The molecule has 0 spiro atoms. The van der Waals surface area contributed by atoms with Crippen molar-refractivity contribution in [1.29, 1.82) is 0 Å². The zero-order chi connectivity index (χ0) is 41.9. The summed E-state index contributed by atoms with van der Waals surface area (Å²) in [4.78, 5) is 21.4. The number of quaternary nitrogens is 2. The fourth-order valence-electron chi connectivity index (χ4n) is 7.98. The van der Waals surface area contributed by atoms with Gasteiger partial charge < -0.3 is 39.0 Å². The second-order valence-corrected chi connectivity index (χ2v) is 17.1. The van der Waals surface area contributed by atoms with Crippen LogP contribution in [0.5, 0.6) is 11.5 Å². The molecule has 5 aromatic rings. The van der Waals surface area contributed by atoms with Crippen LogP contribution >= 0.6 is 0 Å². The van der Waals surface area contributed by atoms with Crippen molar-refractivity contribution in [3.63, 3.8) is 0 Å². The van der Waals surface area contributed by atoms with Gasteiger partial charge in [-0.25, -0.2) is 9.97 Å². The molecule has 0 saturated carbocycles. The lowest BCUT2D eigenvalue weighted by molar-refractivity contribution is -0.890. The van der Waals surface area contributed by atoms with Gasteiger partial charge in [0.15, 0.2) is 0 Å². The molecule has 8 bridgehead atoms. The first-order chi connectivity index (χ1) is 29.1. The molecule has 0 fully saturated rings. The molecule has 5 heterocycles. The Balaban J connectivity index is 1.12. The normalized spacial score (nSPS) is 13.0. The van der Waals surface area contributed by atoms with Crippen LogP contribution in [-0.2, 0) is 0 Å². The van der Waals surface area contributed by atoms with Gasteiger partial charge in [0.2, 0.25) is 0 Å². The topological polar surface area (TPSA) is 95.5 Å². The monoisotopic (exact) mass is 809 g/mol. The van der Waals surface area contributed by atoms with E-state index in [9.17, 15) is 0 Å². The summed E-state index contributed by atoms with van der Waals surface area (Å²) in [6.07, 6.45) is 12.8. The molecule has 4 N–H and O–H groups in total. The van der Waals surface area contributed by atoms with E-state index in [2.05, 4.69) is 165 Å². The molecule has 0 radical (unpaired) electrons. The number of aromatic amines is 2. The predicted octanol–water partition coefficient (Wildman–Crippen LogP) is 7.68. The van der Waals surface area contributed by atoms with Gasteiger partial charge in [-0.15, -0.1) is 0 Å². The molecule has 0 saturated heterocycles. The summed E-state index contributed by atoms with van der Waals surface area (Å²) in [6.45, 7) is 8.09. The molecule has 314 valence electrons. The van der Waals surface area contributed by atoms with Gasteiger partial charge in [0.1, 0.15) is 11.5 Å². The molecule has 1 atom stereocenters. The second-order valence-electron chi connectivity index (χ2n) is 17.1. The van der Waals surface area contributed by atoms with Crippen LogP contribution < -0.4 is 19.7 Å². The van der Waals surface area contributed by atoms with Crippen LogP contribution in [0.1, 0.15) is 48.5 Å². The maximum atomic E-state index is 6.23. The second kappa shape index (κ2) is 20.2. The van der Waals surface area contributed by atoms with E-state index >= 15 is 0 Å². The summed E-state index contributed by atoms with van der Waals surface area (Å²) in [5.41, 5.74) is 11.7. The van der Waals surface area contributed by atoms with Crippen LogP contribution in [0.2, 0.25) is 0 Å². The molecule has 0 amide bonds. The Morgan fingerprint density at radius 3 is 1.65 bits per heavy atom. The van der Waals surface area contributed by atoms with Crippen LogP contribution in [0.15, 0.2) is 84.9 Å². The van der Waals surface area contributed by atoms with Gasteiger partial charge in [-0.2, -0.15) is 0 Å². The number of rotatable bonds is 20. The SMILES string of the molecule is CNCCC[NH+](C)CCCOc1ccc(-c2c3nc(cc4ccc([nH]4)c(-c4ccc(OCCC[N+](C)(C)CCCN(C)C)cc4)c4nc(cc5ccc2[nH]5)C=C4)C=C3)cc1. The number of H-pyrrole nitrogens is 2. The first-order valence-corrected chi connectivity index (χ1v) is 21.6. The molecule has 2 aromatic carbocycles. The summed E-state index contributed by atoms with van der Waals surface area (Å²) in [5.74, 6) is 1.75. The van der Waals surface area contributed by atoms with Crippen molar-refractivity contribution in [2.45, 2.75) is 25.7 Å². The van der Waals surface area contributed by atoms with Crippen molar-refractivity contribution in [1.82, 2.24) is 30.2 Å². The lowest BCUT2D eigenvalue weighted by Gasteiger charge is -2.30. The van der Waals surface area contributed by atoms with Crippen LogP contribution in [0, 0.1) is 0 Å². The average molecular weight is 809 g/mol. The van der Waals surface area contributed by atoms with Crippen LogP contribution in [0.3, 0.4) is 0 Å². The highest BCUT2D eigenvalue weighted by atomic mass is 16.5. The number of fused-ring (bicyclic) bond motifs is 8. The van der Waals surface area contributed by atoms with Crippen molar-refractivity contribution in [3.8, 4) is 33.8 Å². The average Bonchev–Trinajstić information content (AvgIpc) is 4.07. The fraction of sp³-hybridized carbons (Fsp3) is 0.360. The summed E-state index contributed by atoms with van der Waals surface area (Å²) in [7, 11) is 13.2. The molecule has 2 aliphatic heterocycles. The van der Waals surface area contributed by atoms with E-state index in [4.69, 9.17) is 19.4 Å². The Kier molecular flexibility index (Phi) is 14.3. The largest absolute Gasteiger partial charge is 0.493 e. The zero-order valence-corrected chi connectivity index (χ0v) is 36.5. The predicted molar refractivity (Wildman–Crippen MR) is 250 cm³/mol. The van der Waals surface area contributed by atoms with Gasteiger partial charge in [-0.05, 0) is 117 Å². The first kappa shape index (κ1) is 42.6. The Morgan fingerprint density at radius 2 is 1.13 bits per heavy atom. The lowest BCUT2D eigenvalue weighted by atomic mass is 10.0. The molecule has 0 aliphatic carbocycles. The van der Waals surface area contributed by atoms with E-state index in [0.717, 1.165) is 129 Å². The number of benzene rings is 2. The maximum Gasteiger partial charge on any atom is 0.119 e. The van der Waals surface area contributed by atoms with Crippen LogP contribution in [0.4, 0.5) is 0 Å². The highest BCUT2D eigenvalue weighted by molar-refractivity contribution is 5.93. The summed E-state index contributed by atoms with van der Waals surface area (Å²) in [6, 6.07) is 29.5.